The summed E-state index contributed by atoms with van der Waals surface area (Å²) < 4.78 is 46.8. The fraction of sp³-hybridized carbons (Fsp3) is 0.0909. The van der Waals surface area contributed by atoms with Crippen LogP contribution < -0.4 is 14.8 Å². The normalized spacial score (nSPS) is 10.8. The van der Waals surface area contributed by atoms with Crippen molar-refractivity contribution < 1.29 is 27.4 Å². The molecule has 0 fully saturated rings. The largest absolute Gasteiger partial charge is 0.573 e. The number of carbonyl (C=O) groups is 1. The lowest BCUT2D eigenvalue weighted by Gasteiger charge is -2.13. The summed E-state index contributed by atoms with van der Waals surface area (Å²) in [6, 6.07) is 19.0. The summed E-state index contributed by atoms with van der Waals surface area (Å²) in [5.41, 5.74) is 0.288. The number of rotatable bonds is 6. The number of methoxy groups -OCH3 is 1. The van der Waals surface area contributed by atoms with Crippen LogP contribution in [0.1, 0.15) is 15.9 Å². The van der Waals surface area contributed by atoms with Crippen molar-refractivity contribution in [2.24, 2.45) is 0 Å². The first kappa shape index (κ1) is 22.1. The Hall–Kier alpha value is -3.64. The fourth-order valence-electron chi connectivity index (χ4n) is 2.62. The molecule has 3 aromatic rings. The average molecular weight is 444 g/mol. The summed E-state index contributed by atoms with van der Waals surface area (Å²) in [4.78, 5) is 14.0. The summed E-state index contributed by atoms with van der Waals surface area (Å²) >= 11 is 1.35. The third kappa shape index (κ3) is 5.93. The Kier molecular flexibility index (Phi) is 6.72. The maximum atomic E-state index is 12.6. The Balaban J connectivity index is 1.79. The van der Waals surface area contributed by atoms with E-state index in [0.29, 0.717) is 16.2 Å². The molecular formula is C22H15F3N2O3S. The van der Waals surface area contributed by atoms with Crippen molar-refractivity contribution in [3.8, 4) is 17.6 Å². The minimum Gasteiger partial charge on any atom is -0.497 e. The first-order valence-corrected chi connectivity index (χ1v) is 9.63. The molecule has 3 aromatic carbocycles. The Morgan fingerprint density at radius 2 is 1.77 bits per heavy atom. The van der Waals surface area contributed by atoms with Gasteiger partial charge in [0.2, 0.25) is 0 Å². The van der Waals surface area contributed by atoms with Crippen LogP contribution in [0.2, 0.25) is 0 Å². The van der Waals surface area contributed by atoms with Crippen LogP contribution in [0.25, 0.3) is 0 Å². The van der Waals surface area contributed by atoms with E-state index in [9.17, 15) is 23.2 Å². The second-order valence-corrected chi connectivity index (χ2v) is 7.21. The zero-order valence-electron chi connectivity index (χ0n) is 16.1. The SMILES string of the molecule is COc1ccc(Sc2ccc(NC(=O)c3ccccc3OC(F)(F)F)cc2C#N)cc1. The molecule has 0 unspecified atom stereocenters. The number of hydrogen-bond acceptors (Lipinski definition) is 5. The number of carbonyl (C=O) groups excluding carboxylic acids is 1. The molecule has 158 valence electrons. The lowest BCUT2D eigenvalue weighted by molar-refractivity contribution is -0.274. The number of nitriles is 1. The maximum Gasteiger partial charge on any atom is 0.573 e. The van der Waals surface area contributed by atoms with Crippen LogP contribution in [0.3, 0.4) is 0 Å². The van der Waals surface area contributed by atoms with Crippen molar-refractivity contribution in [2.75, 3.05) is 12.4 Å². The fourth-order valence-corrected chi connectivity index (χ4v) is 3.50. The standard InChI is InChI=1S/C22H15F3N2O3S/c1-29-16-7-9-17(10-8-16)31-20-11-6-15(12-14(20)13-26)27-21(28)18-4-2-3-5-19(18)30-22(23,24)25/h2-12H,1H3,(H,27,28). The van der Waals surface area contributed by atoms with E-state index in [4.69, 9.17) is 4.74 Å². The van der Waals surface area contributed by atoms with Gasteiger partial charge in [-0.1, -0.05) is 23.9 Å². The molecule has 0 atom stereocenters. The number of halogens is 3. The van der Waals surface area contributed by atoms with Gasteiger partial charge in [-0.3, -0.25) is 4.79 Å². The van der Waals surface area contributed by atoms with Gasteiger partial charge in [0, 0.05) is 15.5 Å². The zero-order chi connectivity index (χ0) is 22.4. The van der Waals surface area contributed by atoms with Crippen LogP contribution in [0.15, 0.2) is 76.5 Å². The third-order valence-corrected chi connectivity index (χ3v) is 5.09. The van der Waals surface area contributed by atoms with Gasteiger partial charge in [-0.05, 0) is 54.6 Å². The number of nitrogens with one attached hydrogen (secondary N) is 1. The molecule has 1 amide bonds. The molecule has 0 aliphatic rings. The third-order valence-electron chi connectivity index (χ3n) is 4.00. The summed E-state index contributed by atoms with van der Waals surface area (Å²) in [5, 5.41) is 12.0. The van der Waals surface area contributed by atoms with E-state index in [0.717, 1.165) is 11.0 Å². The Bertz CT molecular complexity index is 1130. The van der Waals surface area contributed by atoms with E-state index in [1.165, 1.54) is 36.0 Å². The number of nitrogens with zero attached hydrogens (tertiary/aromatic N) is 1. The zero-order valence-corrected chi connectivity index (χ0v) is 16.9. The summed E-state index contributed by atoms with van der Waals surface area (Å²) in [7, 11) is 1.57. The molecule has 9 heteroatoms. The van der Waals surface area contributed by atoms with E-state index in [1.54, 1.807) is 31.4 Å². The van der Waals surface area contributed by atoms with Crippen LogP contribution >= 0.6 is 11.8 Å². The number of hydrogen-bond donors (Lipinski definition) is 1. The van der Waals surface area contributed by atoms with Gasteiger partial charge in [0.05, 0.1) is 18.2 Å². The summed E-state index contributed by atoms with van der Waals surface area (Å²) in [6.45, 7) is 0. The van der Waals surface area contributed by atoms with Gasteiger partial charge >= 0.3 is 6.36 Å². The van der Waals surface area contributed by atoms with E-state index < -0.39 is 18.0 Å². The molecule has 0 radical (unpaired) electrons. The van der Waals surface area contributed by atoms with Gasteiger partial charge in [0.15, 0.2) is 0 Å². The number of para-hydroxylation sites is 1. The van der Waals surface area contributed by atoms with Gasteiger partial charge in [-0.25, -0.2) is 0 Å². The Morgan fingerprint density at radius 3 is 2.42 bits per heavy atom. The van der Waals surface area contributed by atoms with E-state index in [2.05, 4.69) is 16.1 Å². The van der Waals surface area contributed by atoms with Crippen molar-refractivity contribution in [2.45, 2.75) is 16.2 Å². The van der Waals surface area contributed by atoms with E-state index in [1.807, 2.05) is 12.1 Å². The van der Waals surface area contributed by atoms with Crippen LogP contribution in [-0.4, -0.2) is 19.4 Å². The van der Waals surface area contributed by atoms with Gasteiger partial charge in [0.1, 0.15) is 17.6 Å². The van der Waals surface area contributed by atoms with Crippen LogP contribution in [-0.2, 0) is 0 Å². The number of amides is 1. The van der Waals surface area contributed by atoms with Gasteiger partial charge in [-0.15, -0.1) is 13.2 Å². The van der Waals surface area contributed by atoms with Gasteiger partial charge in [-0.2, -0.15) is 5.26 Å². The quantitative estimate of drug-likeness (QED) is 0.515. The summed E-state index contributed by atoms with van der Waals surface area (Å²) in [6.07, 6.45) is -4.93. The highest BCUT2D eigenvalue weighted by atomic mass is 32.2. The molecule has 0 saturated carbocycles. The topological polar surface area (TPSA) is 71.3 Å². The van der Waals surface area contributed by atoms with Gasteiger partial charge in [0.25, 0.3) is 5.91 Å². The van der Waals surface area contributed by atoms with Crippen molar-refractivity contribution in [1.82, 2.24) is 0 Å². The average Bonchev–Trinajstić information content (AvgIpc) is 2.74. The number of alkyl halides is 3. The first-order valence-electron chi connectivity index (χ1n) is 8.81. The van der Waals surface area contributed by atoms with Crippen molar-refractivity contribution in [3.05, 3.63) is 77.9 Å². The van der Waals surface area contributed by atoms with E-state index >= 15 is 0 Å². The molecule has 0 aromatic heterocycles. The number of anilines is 1. The highest BCUT2D eigenvalue weighted by Gasteiger charge is 2.32. The lowest BCUT2D eigenvalue weighted by atomic mass is 10.1. The summed E-state index contributed by atoms with van der Waals surface area (Å²) in [5.74, 6) is -0.698. The number of benzene rings is 3. The molecule has 3 rings (SSSR count). The molecule has 0 saturated heterocycles. The molecule has 0 spiro atoms. The predicted octanol–water partition coefficient (Wildman–Crippen LogP) is 5.87. The second-order valence-electron chi connectivity index (χ2n) is 6.10. The second kappa shape index (κ2) is 9.45. The number of ether oxygens (including phenoxy) is 2. The lowest BCUT2D eigenvalue weighted by Crippen LogP contribution is -2.20. The predicted molar refractivity (Wildman–Crippen MR) is 109 cm³/mol. The Morgan fingerprint density at radius 1 is 1.06 bits per heavy atom. The molecule has 5 nitrogen and oxygen atoms in total. The molecule has 0 aliphatic carbocycles. The highest BCUT2D eigenvalue weighted by Crippen LogP contribution is 2.33. The molecule has 31 heavy (non-hydrogen) atoms. The van der Waals surface area contributed by atoms with Crippen molar-refractivity contribution >= 4 is 23.4 Å². The first-order chi connectivity index (χ1) is 14.8. The van der Waals surface area contributed by atoms with E-state index in [-0.39, 0.29) is 11.3 Å². The minimum atomic E-state index is -4.93. The molecule has 0 bridgehead atoms. The molecular weight excluding hydrogens is 429 g/mol. The minimum absolute atomic E-state index is 0.266. The smallest absolute Gasteiger partial charge is 0.497 e. The maximum absolute atomic E-state index is 12.6. The Labute approximate surface area is 180 Å². The van der Waals surface area contributed by atoms with Crippen LogP contribution in [0.5, 0.6) is 11.5 Å². The van der Waals surface area contributed by atoms with Gasteiger partial charge < -0.3 is 14.8 Å². The van der Waals surface area contributed by atoms with Crippen molar-refractivity contribution in [1.29, 1.82) is 5.26 Å². The van der Waals surface area contributed by atoms with Crippen LogP contribution in [0.4, 0.5) is 18.9 Å². The highest BCUT2D eigenvalue weighted by molar-refractivity contribution is 7.99. The molecule has 0 heterocycles. The van der Waals surface area contributed by atoms with Crippen LogP contribution in [0, 0.1) is 11.3 Å². The molecule has 0 aliphatic heterocycles. The molecule has 1 N–H and O–H groups in total. The van der Waals surface area contributed by atoms with Crippen molar-refractivity contribution in [3.63, 3.8) is 0 Å². The monoisotopic (exact) mass is 444 g/mol.